The van der Waals surface area contributed by atoms with Gasteiger partial charge in [-0.1, -0.05) is 97.9 Å². The Morgan fingerprint density at radius 2 is 1.14 bits per heavy atom. The molecule has 0 atom stereocenters. The fourth-order valence-corrected chi connectivity index (χ4v) is 5.05. The number of halogens is 1. The van der Waals surface area contributed by atoms with E-state index in [0.717, 1.165) is 0 Å². The Hall–Kier alpha value is -1.71. The van der Waals surface area contributed by atoms with Crippen molar-refractivity contribution in [1.82, 2.24) is 4.90 Å². The summed E-state index contributed by atoms with van der Waals surface area (Å²) >= 11 is 0. The quantitative estimate of drug-likeness (QED) is 0.280. The van der Waals surface area contributed by atoms with Crippen molar-refractivity contribution in [3.63, 3.8) is 0 Å². The monoisotopic (exact) mass is 671 g/mol. The van der Waals surface area contributed by atoms with Gasteiger partial charge in [0.15, 0.2) is 0 Å². The largest absolute Gasteiger partial charge is 1.00 e. The minimum absolute atomic E-state index is 0. The average Bonchev–Trinajstić information content (AvgIpc) is 3.22. The number of nitrogens with zero attached hydrogens (tertiary/aromatic N) is 2. The first-order chi connectivity index (χ1) is 15.7. The molecule has 2 aliphatic rings. The van der Waals surface area contributed by atoms with Gasteiger partial charge in [-0.05, 0) is 64.3 Å². The van der Waals surface area contributed by atoms with Crippen molar-refractivity contribution in [1.29, 1.82) is 0 Å². The number of rotatable bonds is 6. The molecule has 2 aromatic rings. The van der Waals surface area contributed by atoms with Crippen LogP contribution in [0.15, 0.2) is 66.5 Å². The van der Waals surface area contributed by atoms with Crippen LogP contribution in [0.4, 0.5) is 5.69 Å². The topological polar surface area (TPSA) is 6.48 Å². The molecule has 2 aromatic carbocycles. The van der Waals surface area contributed by atoms with E-state index in [2.05, 4.69) is 133 Å². The van der Waals surface area contributed by atoms with Gasteiger partial charge in [-0.3, -0.25) is 0 Å². The Morgan fingerprint density at radius 3 is 1.60 bits per heavy atom. The number of fused-ring (bicyclic) bond motifs is 1. The minimum atomic E-state index is 0. The van der Waals surface area contributed by atoms with Crippen LogP contribution in [0, 0.1) is 6.67 Å². The van der Waals surface area contributed by atoms with Gasteiger partial charge in [0.1, 0.15) is 0 Å². The molecular weight excluding hydrogens is 633 g/mol. The zero-order chi connectivity index (χ0) is 23.9. The molecular formula is C31H39AuClN2-. The van der Waals surface area contributed by atoms with Crippen LogP contribution in [0.5, 0.6) is 0 Å². The van der Waals surface area contributed by atoms with E-state index in [-0.39, 0.29) is 34.8 Å². The molecule has 2 heterocycles. The van der Waals surface area contributed by atoms with Gasteiger partial charge in [-0.25, -0.2) is 0 Å². The van der Waals surface area contributed by atoms with Crippen molar-refractivity contribution in [3.8, 4) is 0 Å². The van der Waals surface area contributed by atoms with Crippen LogP contribution >= 0.6 is 0 Å². The first kappa shape index (κ1) is 29.5. The summed E-state index contributed by atoms with van der Waals surface area (Å²) in [7, 11) is 0. The van der Waals surface area contributed by atoms with Crippen molar-refractivity contribution in [3.05, 3.63) is 101 Å². The summed E-state index contributed by atoms with van der Waals surface area (Å²) in [4.78, 5) is 4.74. The van der Waals surface area contributed by atoms with E-state index in [1.807, 2.05) is 0 Å². The summed E-state index contributed by atoms with van der Waals surface area (Å²) in [6, 6.07) is 13.6. The van der Waals surface area contributed by atoms with Gasteiger partial charge in [0.05, 0.1) is 0 Å². The molecule has 0 saturated carbocycles. The fraction of sp³-hybridized carbons (Fsp3) is 0.387. The summed E-state index contributed by atoms with van der Waals surface area (Å²) < 4.78 is 0. The molecule has 0 radical (unpaired) electrons. The van der Waals surface area contributed by atoms with E-state index in [4.69, 9.17) is 0 Å². The third-order valence-corrected chi connectivity index (χ3v) is 6.80. The number of anilines is 1. The van der Waals surface area contributed by atoms with E-state index in [1.54, 1.807) is 0 Å². The van der Waals surface area contributed by atoms with E-state index >= 15 is 0 Å². The van der Waals surface area contributed by atoms with E-state index < -0.39 is 0 Å². The van der Waals surface area contributed by atoms with Crippen LogP contribution in [0.1, 0.15) is 107 Å². The standard InChI is InChI=1S/C31H39N2.Au.ClH/c1-20(2)25-13-10-14-26(21(3)4)30(25)29-17-9-12-24-18-32(19-33(24)29)31-27(22(5)6)15-11-16-28(31)23(7)8;;/h9-23H,1-8H3;;1H/q-1;+1;/p-1. The third kappa shape index (κ3) is 5.67. The molecule has 35 heavy (non-hydrogen) atoms. The summed E-state index contributed by atoms with van der Waals surface area (Å²) in [6.45, 7) is 20.6. The second kappa shape index (κ2) is 12.0. The molecule has 4 heteroatoms. The molecule has 0 aliphatic carbocycles. The molecule has 0 fully saturated rings. The molecule has 0 aromatic heterocycles. The molecule has 0 spiro atoms. The molecule has 0 bridgehead atoms. The van der Waals surface area contributed by atoms with Crippen molar-refractivity contribution >= 4 is 11.4 Å². The van der Waals surface area contributed by atoms with Gasteiger partial charge >= 0.3 is 22.4 Å². The summed E-state index contributed by atoms with van der Waals surface area (Å²) in [5.41, 5.74) is 10.8. The van der Waals surface area contributed by atoms with E-state index in [0.29, 0.717) is 23.7 Å². The maximum atomic E-state index is 2.38. The summed E-state index contributed by atoms with van der Waals surface area (Å²) in [5, 5.41) is 0. The zero-order valence-electron chi connectivity index (χ0n) is 22.2. The maximum absolute atomic E-state index is 2.38. The van der Waals surface area contributed by atoms with Gasteiger partial charge < -0.3 is 22.2 Å². The molecule has 2 nitrogen and oxygen atoms in total. The van der Waals surface area contributed by atoms with E-state index in [9.17, 15) is 0 Å². The van der Waals surface area contributed by atoms with Crippen molar-refractivity contribution in [2.45, 2.75) is 79.1 Å². The van der Waals surface area contributed by atoms with Crippen molar-refractivity contribution in [2.75, 3.05) is 4.90 Å². The predicted molar refractivity (Wildman–Crippen MR) is 143 cm³/mol. The fourth-order valence-electron chi connectivity index (χ4n) is 5.05. The minimum Gasteiger partial charge on any atom is -1.00 e. The predicted octanol–water partition coefficient (Wildman–Crippen LogP) is 5.88. The summed E-state index contributed by atoms with van der Waals surface area (Å²) in [5.74, 6) is 1.85. The number of para-hydroxylation sites is 1. The number of hydrogen-bond acceptors (Lipinski definition) is 2. The molecule has 0 saturated heterocycles. The second-order valence-electron chi connectivity index (χ2n) is 10.6. The Morgan fingerprint density at radius 1 is 0.686 bits per heavy atom. The Balaban J connectivity index is 0.00000216. The average molecular weight is 672 g/mol. The van der Waals surface area contributed by atoms with Crippen LogP contribution in [-0.2, 0) is 22.4 Å². The smallest absolute Gasteiger partial charge is 1.00 e. The molecule has 4 rings (SSSR count). The van der Waals surface area contributed by atoms with E-state index in [1.165, 1.54) is 44.9 Å². The molecule has 192 valence electrons. The van der Waals surface area contributed by atoms with Crippen molar-refractivity contribution in [2.24, 2.45) is 0 Å². The maximum Gasteiger partial charge on any atom is 1.00 e. The van der Waals surface area contributed by atoms with Crippen molar-refractivity contribution < 1.29 is 34.8 Å². The van der Waals surface area contributed by atoms with Gasteiger partial charge in [-0.15, -0.1) is 6.67 Å². The first-order valence-corrected chi connectivity index (χ1v) is 12.5. The number of benzene rings is 2. The SMILES string of the molecule is CC(C)c1cccc(C(C)C)c1C1=CC=CC2=CN(c3c(C(C)C)cccc3C(C)C)[CH-]N21.[Au+].[Cl-]. The van der Waals surface area contributed by atoms with Gasteiger partial charge in [0.2, 0.25) is 0 Å². The Kier molecular flexibility index (Phi) is 10.1. The van der Waals surface area contributed by atoms with Gasteiger partial charge in [0, 0.05) is 22.6 Å². The number of allylic oxidation sites excluding steroid dienone is 3. The number of hydrogen-bond donors (Lipinski definition) is 0. The van der Waals surface area contributed by atoms with Crippen LogP contribution in [0.25, 0.3) is 5.70 Å². The third-order valence-electron chi connectivity index (χ3n) is 6.80. The van der Waals surface area contributed by atoms with Crippen LogP contribution in [0.3, 0.4) is 0 Å². The molecule has 0 unspecified atom stereocenters. The van der Waals surface area contributed by atoms with Crippen LogP contribution in [0.2, 0.25) is 0 Å². The summed E-state index contributed by atoms with van der Waals surface area (Å²) in [6.07, 6.45) is 9.00. The Bertz CT molecular complexity index is 1070. The molecule has 2 aliphatic heterocycles. The first-order valence-electron chi connectivity index (χ1n) is 12.5. The molecule has 0 N–H and O–H groups in total. The Labute approximate surface area is 235 Å². The van der Waals surface area contributed by atoms with Gasteiger partial charge in [-0.2, -0.15) is 0 Å². The zero-order valence-corrected chi connectivity index (χ0v) is 25.2. The van der Waals surface area contributed by atoms with Crippen LogP contribution < -0.4 is 17.3 Å². The second-order valence-corrected chi connectivity index (χ2v) is 10.6. The van der Waals surface area contributed by atoms with Gasteiger partial charge in [0.25, 0.3) is 0 Å². The van der Waals surface area contributed by atoms with Crippen LogP contribution in [-0.4, -0.2) is 4.90 Å². The molecule has 0 amide bonds. The normalized spacial score (nSPS) is 14.9.